The lowest BCUT2D eigenvalue weighted by Gasteiger charge is -1.94. The molecule has 5 nitrogen and oxygen atoms in total. The molecule has 0 atom stereocenters. The maximum Gasteiger partial charge on any atom is 0.215 e. The molecule has 2 rings (SSSR count). The summed E-state index contributed by atoms with van der Waals surface area (Å²) in [5.74, 6) is -0.602. The number of aromatic hydroxyl groups is 1. The Kier molecular flexibility index (Phi) is 1.82. The van der Waals surface area contributed by atoms with Crippen molar-refractivity contribution in [3.8, 4) is 5.75 Å². The molecule has 14 heavy (non-hydrogen) atoms. The van der Waals surface area contributed by atoms with Crippen LogP contribution in [0.2, 0.25) is 0 Å². The highest BCUT2D eigenvalue weighted by Crippen LogP contribution is 2.32. The Morgan fingerprint density at radius 1 is 1.71 bits per heavy atom. The Labute approximate surface area is 79.7 Å². The van der Waals surface area contributed by atoms with E-state index in [4.69, 9.17) is 10.2 Å². The fourth-order valence-electron chi connectivity index (χ4n) is 1.42. The molecule has 0 amide bonds. The second-order valence-electron chi connectivity index (χ2n) is 3.05. The van der Waals surface area contributed by atoms with E-state index >= 15 is 0 Å². The molecular formula is C9H10N2O3. The van der Waals surface area contributed by atoms with Gasteiger partial charge in [0.25, 0.3) is 0 Å². The number of Topliss-reactive ketones (excluding diaryl/α,β-unsaturated/α-hetero) is 1. The van der Waals surface area contributed by atoms with Crippen molar-refractivity contribution in [1.29, 1.82) is 0 Å². The van der Waals surface area contributed by atoms with E-state index in [1.165, 1.54) is 0 Å². The van der Waals surface area contributed by atoms with Crippen molar-refractivity contribution in [3.05, 3.63) is 18.0 Å². The van der Waals surface area contributed by atoms with Crippen molar-refractivity contribution in [2.45, 2.75) is 0 Å². The summed E-state index contributed by atoms with van der Waals surface area (Å²) in [4.78, 5) is 11.2. The van der Waals surface area contributed by atoms with Crippen LogP contribution in [0.25, 0.3) is 11.1 Å². The minimum absolute atomic E-state index is 0.0614. The van der Waals surface area contributed by atoms with Gasteiger partial charge >= 0.3 is 0 Å². The summed E-state index contributed by atoms with van der Waals surface area (Å²) >= 11 is 0. The van der Waals surface area contributed by atoms with E-state index in [1.54, 1.807) is 23.9 Å². The van der Waals surface area contributed by atoms with Crippen LogP contribution in [0.1, 0.15) is 10.6 Å². The van der Waals surface area contributed by atoms with Gasteiger partial charge in [0, 0.05) is 13.2 Å². The highest BCUT2D eigenvalue weighted by molar-refractivity contribution is 6.02. The summed E-state index contributed by atoms with van der Waals surface area (Å²) in [5, 5.41) is 9.67. The first-order valence-electron chi connectivity index (χ1n) is 4.15. The van der Waals surface area contributed by atoms with Crippen molar-refractivity contribution in [3.63, 3.8) is 0 Å². The first kappa shape index (κ1) is 8.83. The van der Waals surface area contributed by atoms with E-state index in [0.29, 0.717) is 11.1 Å². The van der Waals surface area contributed by atoms with Gasteiger partial charge < -0.3 is 19.8 Å². The summed E-state index contributed by atoms with van der Waals surface area (Å²) in [6.45, 7) is -0.173. The third-order valence-corrected chi connectivity index (χ3v) is 2.13. The lowest BCUT2D eigenvalue weighted by molar-refractivity contribution is 0.0973. The summed E-state index contributed by atoms with van der Waals surface area (Å²) < 4.78 is 6.85. The lowest BCUT2D eigenvalue weighted by Crippen LogP contribution is -2.12. The number of carbonyl (C=O) groups excluding carboxylic acids is 1. The van der Waals surface area contributed by atoms with Gasteiger partial charge in [-0.1, -0.05) is 0 Å². The van der Waals surface area contributed by atoms with Crippen LogP contribution in [0, 0.1) is 0 Å². The number of nitrogens with zero attached hydrogens (tertiary/aromatic N) is 1. The predicted octanol–water partition coefficient (Wildman–Crippen LogP) is 0.618. The van der Waals surface area contributed by atoms with Crippen LogP contribution in [0.4, 0.5) is 0 Å². The molecular weight excluding hydrogens is 184 g/mol. The average Bonchev–Trinajstić information content (AvgIpc) is 2.68. The smallest absolute Gasteiger partial charge is 0.215 e. The Balaban J connectivity index is 2.69. The van der Waals surface area contributed by atoms with Crippen LogP contribution in [0.15, 0.2) is 16.7 Å². The van der Waals surface area contributed by atoms with Gasteiger partial charge in [-0.3, -0.25) is 4.79 Å². The topological polar surface area (TPSA) is 81.4 Å². The molecule has 0 aliphatic rings. The molecule has 0 aromatic carbocycles. The quantitative estimate of drug-likeness (QED) is 0.686. The Morgan fingerprint density at radius 3 is 3.00 bits per heavy atom. The standard InChI is InChI=1S/C9H10N2O3/c1-11-3-2-6-7(11)8(13)9(14-6)5(12)4-10/h2-3,13H,4,10H2,1H3. The molecule has 5 heteroatoms. The number of rotatable bonds is 2. The molecule has 0 radical (unpaired) electrons. The fourth-order valence-corrected chi connectivity index (χ4v) is 1.42. The molecule has 0 saturated carbocycles. The minimum atomic E-state index is -0.404. The number of nitrogens with two attached hydrogens (primary N) is 1. The molecule has 2 aromatic rings. The van der Waals surface area contributed by atoms with Crippen molar-refractivity contribution >= 4 is 16.9 Å². The summed E-state index contributed by atoms with van der Waals surface area (Å²) in [7, 11) is 1.76. The van der Waals surface area contributed by atoms with Gasteiger partial charge in [0.1, 0.15) is 5.52 Å². The predicted molar refractivity (Wildman–Crippen MR) is 50.2 cm³/mol. The van der Waals surface area contributed by atoms with Gasteiger partial charge in [-0.15, -0.1) is 0 Å². The van der Waals surface area contributed by atoms with E-state index in [-0.39, 0.29) is 18.1 Å². The first-order valence-corrected chi connectivity index (χ1v) is 4.15. The highest BCUT2D eigenvalue weighted by atomic mass is 16.4. The second kappa shape index (κ2) is 2.88. The zero-order valence-electron chi connectivity index (χ0n) is 7.65. The van der Waals surface area contributed by atoms with Gasteiger partial charge in [-0.25, -0.2) is 0 Å². The Hall–Kier alpha value is -1.75. The largest absolute Gasteiger partial charge is 0.503 e. The van der Waals surface area contributed by atoms with E-state index in [0.717, 1.165) is 0 Å². The van der Waals surface area contributed by atoms with Crippen molar-refractivity contribution in [2.24, 2.45) is 12.8 Å². The maximum atomic E-state index is 11.2. The van der Waals surface area contributed by atoms with Crippen molar-refractivity contribution in [2.75, 3.05) is 6.54 Å². The van der Waals surface area contributed by atoms with E-state index in [1.807, 2.05) is 0 Å². The normalized spacial score (nSPS) is 11.0. The number of hydrogen-bond acceptors (Lipinski definition) is 4. The number of aromatic nitrogens is 1. The summed E-state index contributed by atoms with van der Waals surface area (Å²) in [5.41, 5.74) is 6.18. The van der Waals surface area contributed by atoms with Gasteiger partial charge in [0.05, 0.1) is 6.54 Å². The van der Waals surface area contributed by atoms with Crippen LogP contribution in [-0.4, -0.2) is 22.0 Å². The average molecular weight is 194 g/mol. The van der Waals surface area contributed by atoms with Crippen LogP contribution in [0.3, 0.4) is 0 Å². The van der Waals surface area contributed by atoms with Crippen molar-refractivity contribution < 1.29 is 14.3 Å². The molecule has 0 aliphatic heterocycles. The number of ketones is 1. The Bertz CT molecular complexity index is 495. The van der Waals surface area contributed by atoms with Gasteiger partial charge in [-0.2, -0.15) is 0 Å². The van der Waals surface area contributed by atoms with Crippen LogP contribution in [0.5, 0.6) is 5.75 Å². The molecule has 2 aromatic heterocycles. The molecule has 2 heterocycles. The summed E-state index contributed by atoms with van der Waals surface area (Å²) in [6, 6.07) is 1.68. The van der Waals surface area contributed by atoms with Crippen LogP contribution < -0.4 is 5.73 Å². The van der Waals surface area contributed by atoms with Crippen LogP contribution in [-0.2, 0) is 7.05 Å². The number of carbonyl (C=O) groups is 1. The molecule has 0 unspecified atom stereocenters. The zero-order chi connectivity index (χ0) is 10.3. The highest BCUT2D eigenvalue weighted by Gasteiger charge is 2.20. The van der Waals surface area contributed by atoms with E-state index in [2.05, 4.69) is 0 Å². The van der Waals surface area contributed by atoms with Gasteiger partial charge in [-0.05, 0) is 6.07 Å². The molecule has 0 bridgehead atoms. The van der Waals surface area contributed by atoms with E-state index < -0.39 is 5.78 Å². The van der Waals surface area contributed by atoms with Gasteiger partial charge in [0.2, 0.25) is 11.5 Å². The zero-order valence-corrected chi connectivity index (χ0v) is 7.65. The van der Waals surface area contributed by atoms with E-state index in [9.17, 15) is 9.90 Å². The number of fused-ring (bicyclic) bond motifs is 1. The molecule has 0 spiro atoms. The number of furan rings is 1. The minimum Gasteiger partial charge on any atom is -0.503 e. The molecule has 74 valence electrons. The SMILES string of the molecule is Cn1ccc2oc(C(=O)CN)c(O)c21. The number of aryl methyl sites for hydroxylation is 1. The molecule has 3 N–H and O–H groups in total. The first-order chi connectivity index (χ1) is 6.65. The fraction of sp³-hybridized carbons (Fsp3) is 0.222. The van der Waals surface area contributed by atoms with Gasteiger partial charge in [0.15, 0.2) is 11.3 Å². The molecule has 0 saturated heterocycles. The van der Waals surface area contributed by atoms with Crippen LogP contribution >= 0.6 is 0 Å². The summed E-state index contributed by atoms with van der Waals surface area (Å²) in [6.07, 6.45) is 1.74. The third-order valence-electron chi connectivity index (χ3n) is 2.13. The third kappa shape index (κ3) is 1.03. The second-order valence-corrected chi connectivity index (χ2v) is 3.05. The monoisotopic (exact) mass is 194 g/mol. The maximum absolute atomic E-state index is 11.2. The lowest BCUT2D eigenvalue weighted by atomic mass is 10.3. The number of hydrogen-bond donors (Lipinski definition) is 2. The molecule has 0 fully saturated rings. The molecule has 0 aliphatic carbocycles. The Morgan fingerprint density at radius 2 is 2.43 bits per heavy atom. The van der Waals surface area contributed by atoms with Crippen molar-refractivity contribution in [1.82, 2.24) is 4.57 Å².